The van der Waals surface area contributed by atoms with Crippen molar-refractivity contribution in [3.63, 3.8) is 0 Å². The van der Waals surface area contributed by atoms with E-state index in [2.05, 4.69) is 44.4 Å². The second kappa shape index (κ2) is 11.2. The highest BCUT2D eigenvalue weighted by Crippen LogP contribution is 2.39. The number of aryl methyl sites for hydroxylation is 1. The molecule has 1 aromatic heterocycles. The molecule has 4 rings (SSSR count). The number of hydrogen-bond acceptors (Lipinski definition) is 5. The Kier molecular flexibility index (Phi) is 8.17. The number of hydrogen-bond donors (Lipinski definition) is 0. The van der Waals surface area contributed by atoms with Crippen LogP contribution in [0, 0.1) is 12.8 Å². The predicted octanol–water partition coefficient (Wildman–Crippen LogP) is 5.28. The molecule has 2 aromatic carbocycles. The Morgan fingerprint density at radius 1 is 1.11 bits per heavy atom. The first-order chi connectivity index (χ1) is 17.2. The van der Waals surface area contributed by atoms with Crippen molar-refractivity contribution in [1.29, 1.82) is 0 Å². The Bertz CT molecular complexity index is 1300. The van der Waals surface area contributed by atoms with Crippen molar-refractivity contribution >= 4 is 27.3 Å². The molecule has 1 unspecified atom stereocenters. The average molecular weight is 527 g/mol. The molecule has 0 saturated carbocycles. The van der Waals surface area contributed by atoms with Gasteiger partial charge in [-0.3, -0.25) is 4.79 Å². The van der Waals surface area contributed by atoms with Crippen molar-refractivity contribution < 1.29 is 17.9 Å². The summed E-state index contributed by atoms with van der Waals surface area (Å²) in [6.45, 7) is 6.81. The largest absolute Gasteiger partial charge is 0.497 e. The van der Waals surface area contributed by atoms with Crippen LogP contribution in [0.25, 0.3) is 0 Å². The lowest BCUT2D eigenvalue weighted by atomic mass is 9.90. The minimum absolute atomic E-state index is 0.161. The van der Waals surface area contributed by atoms with E-state index in [9.17, 15) is 13.2 Å². The van der Waals surface area contributed by atoms with Gasteiger partial charge in [0, 0.05) is 18.0 Å². The minimum atomic E-state index is -3.86. The van der Waals surface area contributed by atoms with Gasteiger partial charge in [0.15, 0.2) is 0 Å². The normalized spacial score (nSPS) is 15.8. The quantitative estimate of drug-likeness (QED) is 0.381. The fourth-order valence-corrected chi connectivity index (χ4v) is 6.95. The lowest BCUT2D eigenvalue weighted by Gasteiger charge is -2.38. The van der Waals surface area contributed by atoms with E-state index >= 15 is 0 Å². The number of fused-ring (bicyclic) bond motifs is 1. The summed E-state index contributed by atoms with van der Waals surface area (Å²) in [5, 5.41) is 2.08. The highest BCUT2D eigenvalue weighted by molar-refractivity contribution is 7.89. The molecule has 0 fully saturated rings. The predicted molar refractivity (Wildman–Crippen MR) is 144 cm³/mol. The first kappa shape index (κ1) is 26.4. The molecule has 1 amide bonds. The van der Waals surface area contributed by atoms with Crippen LogP contribution < -0.4 is 4.74 Å². The first-order valence-corrected chi connectivity index (χ1v) is 14.6. The van der Waals surface area contributed by atoms with Gasteiger partial charge in [-0.25, -0.2) is 8.42 Å². The van der Waals surface area contributed by atoms with E-state index in [1.54, 1.807) is 30.6 Å². The summed E-state index contributed by atoms with van der Waals surface area (Å²) in [7, 11) is -2.32. The van der Waals surface area contributed by atoms with Gasteiger partial charge in [0.25, 0.3) is 0 Å². The molecule has 0 aliphatic carbocycles. The lowest BCUT2D eigenvalue weighted by molar-refractivity contribution is -0.133. The van der Waals surface area contributed by atoms with Gasteiger partial charge in [-0.15, -0.1) is 11.3 Å². The second-order valence-corrected chi connectivity index (χ2v) is 12.5. The molecule has 1 aliphatic rings. The fraction of sp³-hybridized carbons (Fsp3) is 0.393. The zero-order valence-electron chi connectivity index (χ0n) is 21.3. The molecular formula is C28H34N2O4S2. The number of sulfonamides is 1. The summed E-state index contributed by atoms with van der Waals surface area (Å²) >= 11 is 1.72. The Morgan fingerprint density at radius 2 is 1.83 bits per heavy atom. The topological polar surface area (TPSA) is 66.9 Å². The number of ether oxygens (including phenoxy) is 1. The third kappa shape index (κ3) is 5.51. The van der Waals surface area contributed by atoms with Crippen LogP contribution in [-0.2, 0) is 21.2 Å². The standard InChI is InChI=1S/C28H34N2O4S2/c1-20(2)13-16-29(36(32,33)23-11-9-22(34-4)10-12-23)19-27(31)30-17-14-26-25(15-18-35-26)28(30)24-8-6-5-7-21(24)3/h5-12,15,18,20,28H,13-14,16-17,19H2,1-4H3. The molecule has 1 aliphatic heterocycles. The van der Waals surface area contributed by atoms with Crippen LogP contribution in [0.1, 0.15) is 47.9 Å². The zero-order chi connectivity index (χ0) is 25.9. The van der Waals surface area contributed by atoms with Crippen LogP contribution in [0.4, 0.5) is 0 Å². The van der Waals surface area contributed by atoms with Gasteiger partial charge in [-0.05, 0) is 78.1 Å². The van der Waals surface area contributed by atoms with Crippen LogP contribution in [0.5, 0.6) is 5.75 Å². The van der Waals surface area contributed by atoms with Crippen LogP contribution >= 0.6 is 11.3 Å². The third-order valence-electron chi connectivity index (χ3n) is 6.73. The maximum absolute atomic E-state index is 13.9. The maximum atomic E-state index is 13.9. The molecule has 36 heavy (non-hydrogen) atoms. The molecule has 0 saturated heterocycles. The van der Waals surface area contributed by atoms with Crippen molar-refractivity contribution in [2.75, 3.05) is 26.7 Å². The Hall–Kier alpha value is -2.68. The molecule has 0 bridgehead atoms. The molecule has 3 aromatic rings. The van der Waals surface area contributed by atoms with Gasteiger partial charge in [0.2, 0.25) is 15.9 Å². The van der Waals surface area contributed by atoms with E-state index < -0.39 is 10.0 Å². The monoisotopic (exact) mass is 526 g/mol. The van der Waals surface area contributed by atoms with E-state index in [1.165, 1.54) is 21.3 Å². The summed E-state index contributed by atoms with van der Waals surface area (Å²) in [4.78, 5) is 17.2. The maximum Gasteiger partial charge on any atom is 0.243 e. The Labute approximate surface area is 218 Å². The molecule has 8 heteroatoms. The summed E-state index contributed by atoms with van der Waals surface area (Å²) in [5.74, 6) is 0.706. The Morgan fingerprint density at radius 3 is 2.50 bits per heavy atom. The molecule has 6 nitrogen and oxygen atoms in total. The number of amides is 1. The van der Waals surface area contributed by atoms with E-state index in [0.717, 1.165) is 23.1 Å². The van der Waals surface area contributed by atoms with Crippen LogP contribution in [0.15, 0.2) is 64.9 Å². The highest BCUT2D eigenvalue weighted by Gasteiger charge is 2.36. The van der Waals surface area contributed by atoms with E-state index in [4.69, 9.17) is 4.74 Å². The van der Waals surface area contributed by atoms with Gasteiger partial charge in [-0.1, -0.05) is 38.1 Å². The number of thiophene rings is 1. The van der Waals surface area contributed by atoms with Crippen molar-refractivity contribution in [1.82, 2.24) is 9.21 Å². The first-order valence-electron chi connectivity index (χ1n) is 12.3. The number of carbonyl (C=O) groups is 1. The molecule has 0 radical (unpaired) electrons. The molecular weight excluding hydrogens is 492 g/mol. The number of rotatable bonds is 9. The Balaban J connectivity index is 1.66. The second-order valence-electron chi connectivity index (χ2n) is 9.59. The smallest absolute Gasteiger partial charge is 0.243 e. The SMILES string of the molecule is COc1ccc(S(=O)(=O)N(CCC(C)C)CC(=O)N2CCc3sccc3C2c2ccccc2C)cc1. The summed E-state index contributed by atoms with van der Waals surface area (Å²) < 4.78 is 33.8. The van der Waals surface area contributed by atoms with E-state index in [0.29, 0.717) is 24.6 Å². The van der Waals surface area contributed by atoms with Gasteiger partial charge < -0.3 is 9.64 Å². The van der Waals surface area contributed by atoms with Crippen LogP contribution in [0.3, 0.4) is 0 Å². The lowest BCUT2D eigenvalue weighted by Crippen LogP contribution is -2.47. The molecule has 0 N–H and O–H groups in total. The van der Waals surface area contributed by atoms with Crippen molar-refractivity contribution in [3.8, 4) is 5.75 Å². The highest BCUT2D eigenvalue weighted by atomic mass is 32.2. The average Bonchev–Trinajstić information content (AvgIpc) is 3.35. The van der Waals surface area contributed by atoms with Crippen molar-refractivity contribution in [3.05, 3.63) is 81.5 Å². The van der Waals surface area contributed by atoms with Gasteiger partial charge >= 0.3 is 0 Å². The zero-order valence-corrected chi connectivity index (χ0v) is 22.9. The van der Waals surface area contributed by atoms with Gasteiger partial charge in [0.1, 0.15) is 5.75 Å². The van der Waals surface area contributed by atoms with E-state index in [1.807, 2.05) is 17.0 Å². The van der Waals surface area contributed by atoms with Gasteiger partial charge in [-0.2, -0.15) is 4.31 Å². The number of methoxy groups -OCH3 is 1. The van der Waals surface area contributed by atoms with E-state index in [-0.39, 0.29) is 29.9 Å². The summed E-state index contributed by atoms with van der Waals surface area (Å²) in [6.07, 6.45) is 1.44. The van der Waals surface area contributed by atoms with Gasteiger partial charge in [0.05, 0.1) is 24.6 Å². The minimum Gasteiger partial charge on any atom is -0.497 e. The van der Waals surface area contributed by atoms with Crippen molar-refractivity contribution in [2.24, 2.45) is 5.92 Å². The molecule has 2 heterocycles. The summed E-state index contributed by atoms with van der Waals surface area (Å²) in [5.41, 5.74) is 3.33. The summed E-state index contributed by atoms with van der Waals surface area (Å²) in [6, 6.07) is 16.3. The van der Waals surface area contributed by atoms with Crippen LogP contribution in [0.2, 0.25) is 0 Å². The number of nitrogens with zero attached hydrogens (tertiary/aromatic N) is 2. The molecule has 192 valence electrons. The molecule has 1 atom stereocenters. The number of benzene rings is 2. The number of carbonyl (C=O) groups excluding carboxylic acids is 1. The molecule has 0 spiro atoms. The fourth-order valence-electron chi connectivity index (χ4n) is 4.64. The van der Waals surface area contributed by atoms with Crippen molar-refractivity contribution in [2.45, 2.75) is 44.6 Å². The third-order valence-corrected chi connectivity index (χ3v) is 9.59. The van der Waals surface area contributed by atoms with Crippen LogP contribution in [-0.4, -0.2) is 50.3 Å².